The molecular formula is C20H35ClIN5O. The first-order chi connectivity index (χ1) is 12.9. The summed E-state index contributed by atoms with van der Waals surface area (Å²) in [6.07, 6.45) is 0.432. The number of rotatable bonds is 10. The molecule has 0 radical (unpaired) electrons. The van der Waals surface area contributed by atoms with E-state index in [-0.39, 0.29) is 35.9 Å². The fraction of sp³-hybridized carbons (Fsp3) is 0.600. The van der Waals surface area contributed by atoms with Gasteiger partial charge in [-0.1, -0.05) is 43.6 Å². The molecular weight excluding hydrogens is 489 g/mol. The van der Waals surface area contributed by atoms with Gasteiger partial charge < -0.3 is 15.5 Å². The van der Waals surface area contributed by atoms with Crippen molar-refractivity contribution in [3.8, 4) is 0 Å². The van der Waals surface area contributed by atoms with Crippen LogP contribution in [0.5, 0.6) is 0 Å². The number of hydrogen-bond acceptors (Lipinski definition) is 3. The molecule has 0 heterocycles. The minimum absolute atomic E-state index is 0. The van der Waals surface area contributed by atoms with Gasteiger partial charge in [0.05, 0.1) is 12.6 Å². The standard InChI is InChI=1S/C20H34ClN5O.HI/c1-6-22-20(23-14-13-19(27)25(4)5)24-15-18(26(7-2)8-3)16-11-9-10-12-17(16)21;/h9-12,18H,6-8,13-15H2,1-5H3,(H2,22,23,24);1H. The maximum Gasteiger partial charge on any atom is 0.223 e. The zero-order valence-electron chi connectivity index (χ0n) is 17.7. The number of guanidine groups is 1. The number of carbonyl (C=O) groups excluding carboxylic acids is 1. The number of likely N-dealkylation sites (N-methyl/N-ethyl adjacent to an activating group) is 1. The highest BCUT2D eigenvalue weighted by molar-refractivity contribution is 14.0. The Kier molecular flexibility index (Phi) is 14.3. The maximum absolute atomic E-state index is 11.7. The van der Waals surface area contributed by atoms with Gasteiger partial charge in [0.1, 0.15) is 0 Å². The summed E-state index contributed by atoms with van der Waals surface area (Å²) >= 11 is 6.45. The minimum Gasteiger partial charge on any atom is -0.357 e. The summed E-state index contributed by atoms with van der Waals surface area (Å²) in [5, 5.41) is 7.25. The molecule has 0 aliphatic rings. The fourth-order valence-electron chi connectivity index (χ4n) is 2.85. The third-order valence-corrected chi connectivity index (χ3v) is 4.76. The summed E-state index contributed by atoms with van der Waals surface area (Å²) in [6, 6.07) is 8.05. The van der Waals surface area contributed by atoms with E-state index in [1.807, 2.05) is 25.1 Å². The lowest BCUT2D eigenvalue weighted by Gasteiger charge is -2.29. The van der Waals surface area contributed by atoms with E-state index in [1.165, 1.54) is 0 Å². The lowest BCUT2D eigenvalue weighted by atomic mass is 10.1. The van der Waals surface area contributed by atoms with Crippen molar-refractivity contribution >= 4 is 47.4 Å². The third-order valence-electron chi connectivity index (χ3n) is 4.41. The Hall–Kier alpha value is -1.06. The first-order valence-electron chi connectivity index (χ1n) is 9.65. The van der Waals surface area contributed by atoms with Gasteiger partial charge in [-0.2, -0.15) is 0 Å². The van der Waals surface area contributed by atoms with Crippen LogP contribution >= 0.6 is 35.6 Å². The molecule has 0 saturated carbocycles. The Morgan fingerprint density at radius 3 is 2.32 bits per heavy atom. The first-order valence-corrected chi connectivity index (χ1v) is 10.0. The molecule has 2 N–H and O–H groups in total. The molecule has 8 heteroatoms. The van der Waals surface area contributed by atoms with E-state index in [2.05, 4.69) is 35.4 Å². The molecule has 0 bridgehead atoms. The Labute approximate surface area is 192 Å². The number of hydrogen-bond donors (Lipinski definition) is 2. The van der Waals surface area contributed by atoms with Crippen molar-refractivity contribution in [2.24, 2.45) is 4.99 Å². The zero-order valence-corrected chi connectivity index (χ0v) is 20.8. The van der Waals surface area contributed by atoms with Crippen LogP contribution in [0.2, 0.25) is 5.02 Å². The number of carbonyl (C=O) groups is 1. The number of halogens is 2. The quantitative estimate of drug-likeness (QED) is 0.280. The summed E-state index contributed by atoms with van der Waals surface area (Å²) in [5.74, 6) is 0.809. The molecule has 0 saturated heterocycles. The zero-order chi connectivity index (χ0) is 20.2. The first kappa shape index (κ1) is 26.9. The van der Waals surface area contributed by atoms with E-state index in [4.69, 9.17) is 16.6 Å². The van der Waals surface area contributed by atoms with Crippen molar-refractivity contribution in [2.75, 3.05) is 46.8 Å². The smallest absolute Gasteiger partial charge is 0.223 e. The summed E-state index contributed by atoms with van der Waals surface area (Å²) in [6.45, 7) is 10.0. The van der Waals surface area contributed by atoms with Crippen LogP contribution in [0.4, 0.5) is 0 Å². The van der Waals surface area contributed by atoms with Crippen LogP contribution in [0.1, 0.15) is 38.8 Å². The maximum atomic E-state index is 11.7. The number of aliphatic imine (C=N–C) groups is 1. The molecule has 0 aliphatic heterocycles. The second-order valence-electron chi connectivity index (χ2n) is 6.44. The van der Waals surface area contributed by atoms with Crippen LogP contribution in [0.25, 0.3) is 0 Å². The SMILES string of the molecule is CCNC(=NCC(c1ccccc1Cl)N(CC)CC)NCCC(=O)N(C)C.I. The lowest BCUT2D eigenvalue weighted by molar-refractivity contribution is -0.128. The van der Waals surface area contributed by atoms with Crippen molar-refractivity contribution in [1.29, 1.82) is 0 Å². The summed E-state index contributed by atoms with van der Waals surface area (Å²) in [7, 11) is 3.53. The molecule has 160 valence electrons. The molecule has 0 fully saturated rings. The highest BCUT2D eigenvalue weighted by atomic mass is 127. The largest absolute Gasteiger partial charge is 0.357 e. The van der Waals surface area contributed by atoms with Gasteiger partial charge in [-0.25, -0.2) is 0 Å². The number of nitrogens with one attached hydrogen (secondary N) is 2. The van der Waals surface area contributed by atoms with Crippen molar-refractivity contribution < 1.29 is 4.79 Å². The molecule has 28 heavy (non-hydrogen) atoms. The monoisotopic (exact) mass is 523 g/mol. The summed E-state index contributed by atoms with van der Waals surface area (Å²) in [4.78, 5) is 20.4. The number of nitrogens with zero attached hydrogens (tertiary/aromatic N) is 3. The van der Waals surface area contributed by atoms with Gasteiger partial charge in [0.25, 0.3) is 0 Å². The van der Waals surface area contributed by atoms with Crippen LogP contribution in [0.15, 0.2) is 29.3 Å². The highest BCUT2D eigenvalue weighted by Gasteiger charge is 2.20. The van der Waals surface area contributed by atoms with E-state index in [0.717, 1.165) is 30.2 Å². The fourth-order valence-corrected chi connectivity index (χ4v) is 3.11. The molecule has 6 nitrogen and oxygen atoms in total. The molecule has 1 amide bonds. The highest BCUT2D eigenvalue weighted by Crippen LogP contribution is 2.27. The van der Waals surface area contributed by atoms with Gasteiger partial charge >= 0.3 is 0 Å². The Morgan fingerprint density at radius 2 is 1.79 bits per heavy atom. The Morgan fingerprint density at radius 1 is 1.14 bits per heavy atom. The van der Waals surface area contributed by atoms with E-state index in [0.29, 0.717) is 25.5 Å². The normalized spacial score (nSPS) is 12.3. The summed E-state index contributed by atoms with van der Waals surface area (Å²) < 4.78 is 0. The number of amides is 1. The Balaban J connectivity index is 0.00000729. The summed E-state index contributed by atoms with van der Waals surface area (Å²) in [5.41, 5.74) is 1.09. The van der Waals surface area contributed by atoms with Crippen molar-refractivity contribution in [1.82, 2.24) is 20.4 Å². The molecule has 0 aromatic heterocycles. The molecule has 1 aromatic rings. The molecule has 0 aliphatic carbocycles. The van der Waals surface area contributed by atoms with Gasteiger partial charge in [-0.05, 0) is 31.6 Å². The van der Waals surface area contributed by atoms with Crippen LogP contribution in [0, 0.1) is 0 Å². The second kappa shape index (κ2) is 14.9. The number of benzene rings is 1. The van der Waals surface area contributed by atoms with E-state index < -0.39 is 0 Å². The van der Waals surface area contributed by atoms with E-state index >= 15 is 0 Å². The van der Waals surface area contributed by atoms with Crippen LogP contribution < -0.4 is 10.6 Å². The van der Waals surface area contributed by atoms with Crippen molar-refractivity contribution in [2.45, 2.75) is 33.2 Å². The average molecular weight is 524 g/mol. The Bertz CT molecular complexity index is 608. The van der Waals surface area contributed by atoms with Gasteiger partial charge in [0.2, 0.25) is 5.91 Å². The molecule has 1 unspecified atom stereocenters. The van der Waals surface area contributed by atoms with Crippen LogP contribution in [-0.4, -0.2) is 68.5 Å². The molecule has 1 aromatic carbocycles. The molecule has 1 rings (SSSR count). The van der Waals surface area contributed by atoms with Gasteiger partial charge in [0.15, 0.2) is 5.96 Å². The van der Waals surface area contributed by atoms with Gasteiger partial charge in [-0.3, -0.25) is 14.7 Å². The predicted octanol–water partition coefficient (Wildman–Crippen LogP) is 3.37. The second-order valence-corrected chi connectivity index (χ2v) is 6.85. The average Bonchev–Trinajstić information content (AvgIpc) is 2.65. The van der Waals surface area contributed by atoms with Crippen molar-refractivity contribution in [3.63, 3.8) is 0 Å². The van der Waals surface area contributed by atoms with E-state index in [9.17, 15) is 4.79 Å². The predicted molar refractivity (Wildman–Crippen MR) is 130 cm³/mol. The van der Waals surface area contributed by atoms with Crippen LogP contribution in [0.3, 0.4) is 0 Å². The van der Waals surface area contributed by atoms with Crippen molar-refractivity contribution in [3.05, 3.63) is 34.9 Å². The molecule has 0 spiro atoms. The van der Waals surface area contributed by atoms with E-state index in [1.54, 1.807) is 19.0 Å². The van der Waals surface area contributed by atoms with Gasteiger partial charge in [0, 0.05) is 38.6 Å². The topological polar surface area (TPSA) is 60.0 Å². The van der Waals surface area contributed by atoms with Gasteiger partial charge in [-0.15, -0.1) is 24.0 Å². The molecule has 1 atom stereocenters. The minimum atomic E-state index is 0. The lowest BCUT2D eigenvalue weighted by Crippen LogP contribution is -2.40. The third kappa shape index (κ3) is 8.96. The van der Waals surface area contributed by atoms with Crippen LogP contribution in [-0.2, 0) is 4.79 Å².